The second-order valence-corrected chi connectivity index (χ2v) is 5.42. The Hall–Kier alpha value is -2.64. The van der Waals surface area contributed by atoms with E-state index in [0.717, 1.165) is 0 Å². The van der Waals surface area contributed by atoms with E-state index in [1.165, 1.54) is 24.3 Å². The fraction of sp³-hybridized carbons (Fsp3) is 0. The molecule has 0 unspecified atom stereocenters. The molecule has 0 atom stereocenters. The summed E-state index contributed by atoms with van der Waals surface area (Å²) in [5.74, 6) is -0.232. The fourth-order valence-electron chi connectivity index (χ4n) is 2.02. The zero-order valence-electron chi connectivity index (χ0n) is 11.3. The molecule has 0 amide bonds. The first-order valence-corrected chi connectivity index (χ1v) is 7.07. The number of aromatic nitrogens is 1. The number of aromatic hydroxyl groups is 1. The lowest BCUT2D eigenvalue weighted by molar-refractivity contribution is -0.384. The highest BCUT2D eigenvalue weighted by Crippen LogP contribution is 2.38. The smallest absolute Gasteiger partial charge is 0.270 e. The standard InChI is InChI=1S/C14H8Cl2N4O3/c15-10-3-1-7(5-11(10)16)18-19-13-9-6-8(20(22)23)2-4-12(9)17-14(13)21/h1-6,17,21H. The number of aromatic amines is 1. The number of nitro benzene ring substituents is 1. The molecule has 7 nitrogen and oxygen atoms in total. The van der Waals surface area contributed by atoms with Gasteiger partial charge in [-0.05, 0) is 24.3 Å². The minimum Gasteiger partial charge on any atom is -0.493 e. The molecule has 0 spiro atoms. The summed E-state index contributed by atoms with van der Waals surface area (Å²) in [6.45, 7) is 0. The number of azo groups is 1. The molecule has 0 aliphatic rings. The molecule has 23 heavy (non-hydrogen) atoms. The van der Waals surface area contributed by atoms with E-state index in [4.69, 9.17) is 23.2 Å². The molecule has 116 valence electrons. The molecule has 9 heteroatoms. The number of nitrogens with one attached hydrogen (secondary N) is 1. The molecular formula is C14H8Cl2N4O3. The predicted octanol–water partition coefficient (Wildman–Crippen LogP) is 5.50. The van der Waals surface area contributed by atoms with Crippen LogP contribution in [0.4, 0.5) is 17.1 Å². The summed E-state index contributed by atoms with van der Waals surface area (Å²) in [5, 5.41) is 29.8. The van der Waals surface area contributed by atoms with E-state index in [1.807, 2.05) is 0 Å². The molecule has 0 bridgehead atoms. The average molecular weight is 351 g/mol. The van der Waals surface area contributed by atoms with Gasteiger partial charge in [-0.15, -0.1) is 5.11 Å². The van der Waals surface area contributed by atoms with Crippen LogP contribution in [-0.4, -0.2) is 15.0 Å². The molecule has 0 radical (unpaired) electrons. The normalized spacial score (nSPS) is 11.4. The minimum absolute atomic E-state index is 0.106. The van der Waals surface area contributed by atoms with Crippen molar-refractivity contribution in [3.05, 3.63) is 56.6 Å². The van der Waals surface area contributed by atoms with E-state index in [2.05, 4.69) is 15.2 Å². The molecule has 3 aromatic rings. The molecule has 0 aliphatic heterocycles. The summed E-state index contributed by atoms with van der Waals surface area (Å²) < 4.78 is 0. The van der Waals surface area contributed by atoms with Gasteiger partial charge in [0.2, 0.25) is 5.88 Å². The fourth-order valence-corrected chi connectivity index (χ4v) is 2.31. The van der Waals surface area contributed by atoms with E-state index >= 15 is 0 Å². The van der Waals surface area contributed by atoms with Crippen molar-refractivity contribution >= 4 is 51.2 Å². The van der Waals surface area contributed by atoms with Crippen LogP contribution in [0.3, 0.4) is 0 Å². The zero-order chi connectivity index (χ0) is 16.6. The summed E-state index contributed by atoms with van der Waals surface area (Å²) in [5.41, 5.74) is 0.937. The Morgan fingerprint density at radius 3 is 2.57 bits per heavy atom. The lowest BCUT2D eigenvalue weighted by Gasteiger charge is -1.97. The Morgan fingerprint density at radius 2 is 1.87 bits per heavy atom. The van der Waals surface area contributed by atoms with Gasteiger partial charge < -0.3 is 10.1 Å². The third-order valence-electron chi connectivity index (χ3n) is 3.12. The zero-order valence-corrected chi connectivity index (χ0v) is 12.8. The van der Waals surface area contributed by atoms with Crippen LogP contribution in [0.25, 0.3) is 10.9 Å². The van der Waals surface area contributed by atoms with Gasteiger partial charge in [-0.1, -0.05) is 23.2 Å². The van der Waals surface area contributed by atoms with Crippen molar-refractivity contribution in [2.24, 2.45) is 10.2 Å². The van der Waals surface area contributed by atoms with Crippen molar-refractivity contribution in [1.82, 2.24) is 4.98 Å². The Kier molecular flexibility index (Phi) is 3.89. The summed E-state index contributed by atoms with van der Waals surface area (Å²) in [6, 6.07) is 8.82. The SMILES string of the molecule is O=[N+]([O-])c1ccc2[nH]c(O)c(N=Nc3ccc(Cl)c(Cl)c3)c2c1. The predicted molar refractivity (Wildman–Crippen MR) is 87.3 cm³/mol. The first-order valence-electron chi connectivity index (χ1n) is 6.31. The van der Waals surface area contributed by atoms with Crippen LogP contribution in [0.5, 0.6) is 5.88 Å². The maximum absolute atomic E-state index is 10.9. The van der Waals surface area contributed by atoms with Gasteiger partial charge in [-0.3, -0.25) is 10.1 Å². The monoisotopic (exact) mass is 350 g/mol. The van der Waals surface area contributed by atoms with Crippen LogP contribution >= 0.6 is 23.2 Å². The number of rotatable bonds is 3. The van der Waals surface area contributed by atoms with Crippen LogP contribution in [0.2, 0.25) is 10.0 Å². The number of halogens is 2. The van der Waals surface area contributed by atoms with Crippen molar-refractivity contribution < 1.29 is 10.0 Å². The topological polar surface area (TPSA) is 104 Å². The minimum atomic E-state index is -0.524. The van der Waals surface area contributed by atoms with E-state index in [-0.39, 0.29) is 17.3 Å². The molecule has 0 fully saturated rings. The van der Waals surface area contributed by atoms with Crippen molar-refractivity contribution in [1.29, 1.82) is 0 Å². The highest BCUT2D eigenvalue weighted by atomic mass is 35.5. The third kappa shape index (κ3) is 2.96. The van der Waals surface area contributed by atoms with Gasteiger partial charge in [0, 0.05) is 17.5 Å². The van der Waals surface area contributed by atoms with Crippen molar-refractivity contribution in [3.63, 3.8) is 0 Å². The van der Waals surface area contributed by atoms with Gasteiger partial charge in [0.1, 0.15) is 0 Å². The van der Waals surface area contributed by atoms with Gasteiger partial charge >= 0.3 is 0 Å². The highest BCUT2D eigenvalue weighted by molar-refractivity contribution is 6.42. The lowest BCUT2D eigenvalue weighted by atomic mass is 10.2. The number of fused-ring (bicyclic) bond motifs is 1. The molecule has 0 aliphatic carbocycles. The van der Waals surface area contributed by atoms with Gasteiger partial charge in [-0.2, -0.15) is 5.11 Å². The van der Waals surface area contributed by atoms with Gasteiger partial charge in [0.15, 0.2) is 5.69 Å². The van der Waals surface area contributed by atoms with Gasteiger partial charge in [-0.25, -0.2) is 0 Å². The van der Waals surface area contributed by atoms with E-state index in [9.17, 15) is 15.2 Å². The van der Waals surface area contributed by atoms with Crippen molar-refractivity contribution in [2.45, 2.75) is 0 Å². The average Bonchev–Trinajstić information content (AvgIpc) is 2.83. The number of benzene rings is 2. The number of hydrogen-bond donors (Lipinski definition) is 2. The maximum atomic E-state index is 10.9. The quantitative estimate of drug-likeness (QED) is 0.370. The van der Waals surface area contributed by atoms with Crippen LogP contribution in [-0.2, 0) is 0 Å². The molecule has 1 heterocycles. The number of H-pyrrole nitrogens is 1. The third-order valence-corrected chi connectivity index (χ3v) is 3.85. The summed E-state index contributed by atoms with van der Waals surface area (Å²) >= 11 is 11.7. The second-order valence-electron chi connectivity index (χ2n) is 4.61. The lowest BCUT2D eigenvalue weighted by Crippen LogP contribution is -1.86. The molecule has 0 saturated carbocycles. The summed E-state index contributed by atoms with van der Waals surface area (Å²) in [4.78, 5) is 13.0. The Bertz CT molecular complexity index is 953. The van der Waals surface area contributed by atoms with Gasteiger partial charge in [0.25, 0.3) is 5.69 Å². The largest absolute Gasteiger partial charge is 0.493 e. The molecule has 3 rings (SSSR count). The van der Waals surface area contributed by atoms with Crippen LogP contribution < -0.4 is 0 Å². The van der Waals surface area contributed by atoms with Crippen LogP contribution in [0, 0.1) is 10.1 Å². The first kappa shape index (κ1) is 15.3. The number of nitrogens with zero attached hydrogens (tertiary/aromatic N) is 3. The number of non-ortho nitro benzene ring substituents is 1. The van der Waals surface area contributed by atoms with E-state index in [1.54, 1.807) is 12.1 Å². The summed E-state index contributed by atoms with van der Waals surface area (Å²) in [7, 11) is 0. The van der Waals surface area contributed by atoms with E-state index < -0.39 is 4.92 Å². The first-order chi connectivity index (χ1) is 11.0. The Morgan fingerprint density at radius 1 is 1.09 bits per heavy atom. The van der Waals surface area contributed by atoms with Gasteiger partial charge in [0.05, 0.1) is 26.2 Å². The number of hydrogen-bond acceptors (Lipinski definition) is 5. The maximum Gasteiger partial charge on any atom is 0.270 e. The van der Waals surface area contributed by atoms with Crippen molar-refractivity contribution in [2.75, 3.05) is 0 Å². The van der Waals surface area contributed by atoms with Crippen LogP contribution in [0.1, 0.15) is 0 Å². The highest BCUT2D eigenvalue weighted by Gasteiger charge is 2.14. The Labute approximate surface area is 139 Å². The molecular weight excluding hydrogens is 343 g/mol. The molecule has 1 aromatic heterocycles. The van der Waals surface area contributed by atoms with Crippen LogP contribution in [0.15, 0.2) is 46.6 Å². The second kappa shape index (κ2) is 5.86. The number of nitro groups is 1. The molecule has 2 aromatic carbocycles. The van der Waals surface area contributed by atoms with E-state index in [0.29, 0.717) is 26.6 Å². The summed E-state index contributed by atoms with van der Waals surface area (Å²) in [6.07, 6.45) is 0. The van der Waals surface area contributed by atoms with Crippen molar-refractivity contribution in [3.8, 4) is 5.88 Å². The molecule has 2 N–H and O–H groups in total. The Balaban J connectivity index is 2.06. The molecule has 0 saturated heterocycles.